The van der Waals surface area contributed by atoms with Gasteiger partial charge in [-0.25, -0.2) is 13.6 Å². The van der Waals surface area contributed by atoms with Crippen molar-refractivity contribution in [2.24, 2.45) is 5.14 Å². The number of aromatic nitrogens is 3. The lowest BCUT2D eigenvalue weighted by molar-refractivity contribution is 0.179. The van der Waals surface area contributed by atoms with E-state index in [-0.39, 0.29) is 10.6 Å². The molecule has 1 aromatic heterocycles. The van der Waals surface area contributed by atoms with Crippen molar-refractivity contribution in [3.63, 3.8) is 0 Å². The molecule has 0 bridgehead atoms. The Kier molecular flexibility index (Phi) is 4.46. The predicted molar refractivity (Wildman–Crippen MR) is 73.7 cm³/mol. The van der Waals surface area contributed by atoms with E-state index in [2.05, 4.69) is 17.1 Å². The summed E-state index contributed by atoms with van der Waals surface area (Å²) in [6.07, 6.45) is 5.44. The van der Waals surface area contributed by atoms with Crippen LogP contribution in [-0.4, -0.2) is 36.9 Å². The molecule has 1 aromatic rings. The number of methoxy groups -OCH3 is 1. The van der Waals surface area contributed by atoms with Crippen LogP contribution in [0.25, 0.3) is 0 Å². The number of nitrogens with zero attached hydrogens (tertiary/aromatic N) is 3. The molecule has 0 aromatic carbocycles. The lowest BCUT2D eigenvalue weighted by atomic mass is 9.75. The number of nitrogens with two attached hydrogens (primary N) is 1. The smallest absolute Gasteiger partial charge is 0.273 e. The van der Waals surface area contributed by atoms with Crippen LogP contribution in [0.5, 0.6) is 0 Å². The largest absolute Gasteiger partial charge is 0.383 e. The summed E-state index contributed by atoms with van der Waals surface area (Å²) in [6, 6.07) is 0. The van der Waals surface area contributed by atoms with Crippen LogP contribution in [0, 0.1) is 0 Å². The summed E-state index contributed by atoms with van der Waals surface area (Å²) in [4.78, 5) is 0. The van der Waals surface area contributed by atoms with Crippen molar-refractivity contribution in [2.45, 2.75) is 56.1 Å². The number of rotatable bonds is 5. The van der Waals surface area contributed by atoms with E-state index in [1.807, 2.05) is 0 Å². The Morgan fingerprint density at radius 1 is 1.30 bits per heavy atom. The third kappa shape index (κ3) is 3.02. The second-order valence-corrected chi connectivity index (χ2v) is 7.07. The minimum atomic E-state index is -3.87. The first-order chi connectivity index (χ1) is 9.38. The van der Waals surface area contributed by atoms with Crippen molar-refractivity contribution in [1.29, 1.82) is 0 Å². The highest BCUT2D eigenvalue weighted by Crippen LogP contribution is 2.38. The van der Waals surface area contributed by atoms with Gasteiger partial charge in [-0.1, -0.05) is 26.2 Å². The van der Waals surface area contributed by atoms with E-state index < -0.39 is 10.0 Å². The van der Waals surface area contributed by atoms with Gasteiger partial charge in [0.05, 0.1) is 6.61 Å². The van der Waals surface area contributed by atoms with Gasteiger partial charge in [0.25, 0.3) is 15.2 Å². The zero-order valence-electron chi connectivity index (χ0n) is 12.0. The maximum Gasteiger partial charge on any atom is 0.273 e. The first kappa shape index (κ1) is 15.4. The van der Waals surface area contributed by atoms with Gasteiger partial charge in [0, 0.05) is 19.1 Å². The normalized spacial score (nSPS) is 19.1. The molecular formula is C12H22N4O3S. The van der Waals surface area contributed by atoms with Gasteiger partial charge in [-0.05, 0) is 12.8 Å². The molecule has 0 spiro atoms. The van der Waals surface area contributed by atoms with Gasteiger partial charge < -0.3 is 4.74 Å². The molecule has 0 unspecified atom stereocenters. The molecule has 0 amide bonds. The van der Waals surface area contributed by atoms with Crippen LogP contribution >= 0.6 is 0 Å². The fourth-order valence-corrected chi connectivity index (χ4v) is 3.53. The summed E-state index contributed by atoms with van der Waals surface area (Å²) >= 11 is 0. The summed E-state index contributed by atoms with van der Waals surface area (Å²) in [6.45, 7) is 2.90. The monoisotopic (exact) mass is 302 g/mol. The van der Waals surface area contributed by atoms with Crippen LogP contribution in [0.15, 0.2) is 5.16 Å². The third-order valence-electron chi connectivity index (χ3n) is 3.99. The first-order valence-electron chi connectivity index (χ1n) is 6.84. The Labute approximate surface area is 119 Å². The zero-order valence-corrected chi connectivity index (χ0v) is 12.8. The van der Waals surface area contributed by atoms with Crippen molar-refractivity contribution in [2.75, 3.05) is 13.7 Å². The van der Waals surface area contributed by atoms with E-state index in [0.717, 1.165) is 25.7 Å². The van der Waals surface area contributed by atoms with E-state index >= 15 is 0 Å². The molecule has 0 aliphatic heterocycles. The molecule has 2 rings (SSSR count). The van der Waals surface area contributed by atoms with Crippen LogP contribution in [-0.2, 0) is 26.7 Å². The van der Waals surface area contributed by atoms with E-state index in [0.29, 0.717) is 19.0 Å². The summed E-state index contributed by atoms with van der Waals surface area (Å²) in [7, 11) is -2.30. The van der Waals surface area contributed by atoms with Crippen LogP contribution in [0.4, 0.5) is 0 Å². The standard InChI is InChI=1S/C12H22N4O3S/c1-12(6-4-3-5-7-12)10-14-15-11(20(13,17)18)16(10)8-9-19-2/h3-9H2,1-2H3,(H2,13,17,18). The van der Waals surface area contributed by atoms with E-state index in [4.69, 9.17) is 9.88 Å². The van der Waals surface area contributed by atoms with E-state index in [1.165, 1.54) is 6.42 Å². The van der Waals surface area contributed by atoms with Crippen molar-refractivity contribution < 1.29 is 13.2 Å². The fourth-order valence-electron chi connectivity index (χ4n) is 2.89. The average molecular weight is 302 g/mol. The predicted octanol–water partition coefficient (Wildman–Crippen LogP) is 0.794. The summed E-state index contributed by atoms with van der Waals surface area (Å²) < 4.78 is 29.9. The van der Waals surface area contributed by atoms with Gasteiger partial charge in [0.15, 0.2) is 0 Å². The topological polar surface area (TPSA) is 100 Å². The molecule has 8 heteroatoms. The lowest BCUT2D eigenvalue weighted by Crippen LogP contribution is -2.31. The summed E-state index contributed by atoms with van der Waals surface area (Å²) in [5.74, 6) is 0.707. The van der Waals surface area contributed by atoms with Crippen molar-refractivity contribution in [3.8, 4) is 0 Å². The van der Waals surface area contributed by atoms with Gasteiger partial charge in [0.1, 0.15) is 5.82 Å². The van der Waals surface area contributed by atoms with E-state index in [1.54, 1.807) is 11.7 Å². The van der Waals surface area contributed by atoms with Crippen LogP contribution < -0.4 is 5.14 Å². The number of primary sulfonamides is 1. The quantitative estimate of drug-likeness (QED) is 0.867. The van der Waals surface area contributed by atoms with Gasteiger partial charge in [0.2, 0.25) is 0 Å². The Balaban J connectivity index is 2.44. The Hall–Kier alpha value is -0.990. The molecule has 0 radical (unpaired) electrons. The maximum absolute atomic E-state index is 11.6. The molecule has 1 heterocycles. The van der Waals surface area contributed by atoms with Gasteiger partial charge in [-0.3, -0.25) is 4.57 Å². The summed E-state index contributed by atoms with van der Waals surface area (Å²) in [5, 5.41) is 13.0. The molecular weight excluding hydrogens is 280 g/mol. The highest BCUT2D eigenvalue weighted by atomic mass is 32.2. The molecule has 1 saturated carbocycles. The molecule has 1 aliphatic carbocycles. The number of hydrogen-bond acceptors (Lipinski definition) is 5. The Morgan fingerprint density at radius 2 is 1.95 bits per heavy atom. The number of sulfonamides is 1. The minimum Gasteiger partial charge on any atom is -0.383 e. The second kappa shape index (κ2) is 5.79. The molecule has 1 aliphatic rings. The Bertz CT molecular complexity index is 561. The fraction of sp³-hybridized carbons (Fsp3) is 0.833. The lowest BCUT2D eigenvalue weighted by Gasteiger charge is -2.32. The van der Waals surface area contributed by atoms with Crippen molar-refractivity contribution >= 4 is 10.0 Å². The number of ether oxygens (including phenoxy) is 1. The van der Waals surface area contributed by atoms with E-state index in [9.17, 15) is 8.42 Å². The maximum atomic E-state index is 11.6. The molecule has 1 fully saturated rings. The average Bonchev–Trinajstić information content (AvgIpc) is 2.81. The molecule has 2 N–H and O–H groups in total. The third-order valence-corrected chi connectivity index (χ3v) is 4.80. The highest BCUT2D eigenvalue weighted by molar-refractivity contribution is 7.89. The minimum absolute atomic E-state index is 0.137. The first-order valence-corrected chi connectivity index (χ1v) is 8.38. The van der Waals surface area contributed by atoms with Gasteiger partial charge in [-0.2, -0.15) is 0 Å². The van der Waals surface area contributed by atoms with Gasteiger partial charge >= 0.3 is 0 Å². The number of hydrogen-bond donors (Lipinski definition) is 1. The molecule has 7 nitrogen and oxygen atoms in total. The van der Waals surface area contributed by atoms with Crippen LogP contribution in [0.1, 0.15) is 44.9 Å². The SMILES string of the molecule is COCCn1c(C2(C)CCCCC2)nnc1S(N)(=O)=O. The summed E-state index contributed by atoms with van der Waals surface area (Å²) in [5.41, 5.74) is -0.137. The van der Waals surface area contributed by atoms with Gasteiger partial charge in [-0.15, -0.1) is 10.2 Å². The molecule has 0 atom stereocenters. The highest BCUT2D eigenvalue weighted by Gasteiger charge is 2.36. The second-order valence-electron chi connectivity index (χ2n) is 5.62. The Morgan fingerprint density at radius 3 is 2.50 bits per heavy atom. The van der Waals surface area contributed by atoms with Crippen molar-refractivity contribution in [1.82, 2.24) is 14.8 Å². The van der Waals surface area contributed by atoms with Crippen molar-refractivity contribution in [3.05, 3.63) is 5.82 Å². The van der Waals surface area contributed by atoms with Crippen LogP contribution in [0.2, 0.25) is 0 Å². The molecule has 20 heavy (non-hydrogen) atoms. The zero-order chi connectivity index (χ0) is 14.8. The molecule has 114 valence electrons. The molecule has 0 saturated heterocycles. The van der Waals surface area contributed by atoms with Crippen LogP contribution in [0.3, 0.4) is 0 Å².